The van der Waals surface area contributed by atoms with Crippen LogP contribution in [0.25, 0.3) is 0 Å². The maximum absolute atomic E-state index is 12.0. The van der Waals surface area contributed by atoms with E-state index in [1.165, 1.54) is 12.8 Å². The Morgan fingerprint density at radius 2 is 2.00 bits per heavy atom. The number of hydrogen-bond acceptors (Lipinski definition) is 3. The highest BCUT2D eigenvalue weighted by Gasteiger charge is 2.34. The molecule has 0 atom stereocenters. The second-order valence-corrected chi connectivity index (χ2v) is 5.35. The van der Waals surface area contributed by atoms with Gasteiger partial charge in [0.1, 0.15) is 6.54 Å². The number of hydrogen-bond donors (Lipinski definition) is 1. The molecule has 1 aromatic rings. The quantitative estimate of drug-likeness (QED) is 0.903. The lowest BCUT2D eigenvalue weighted by Crippen LogP contribution is -2.43. The van der Waals surface area contributed by atoms with Gasteiger partial charge in [0.25, 0.3) is 5.91 Å². The molecule has 1 N–H and O–H groups in total. The highest BCUT2D eigenvalue weighted by molar-refractivity contribution is 6.33. The fraction of sp³-hybridized carbons (Fsp3) is 0.429. The van der Waals surface area contributed by atoms with Crippen LogP contribution in [0.3, 0.4) is 0 Å². The Bertz CT molecular complexity index is 523. The van der Waals surface area contributed by atoms with Gasteiger partial charge in [-0.3, -0.25) is 9.69 Å². The summed E-state index contributed by atoms with van der Waals surface area (Å²) in [4.78, 5) is 18.1. The molecule has 1 aliphatic heterocycles. The first-order valence-electron chi connectivity index (χ1n) is 6.64. The molecule has 5 heteroatoms. The zero-order valence-electron chi connectivity index (χ0n) is 10.6. The molecule has 0 unspecified atom stereocenters. The van der Waals surface area contributed by atoms with Crippen LogP contribution in [0.1, 0.15) is 25.7 Å². The Hall–Kier alpha value is -1.55. The van der Waals surface area contributed by atoms with Crippen molar-refractivity contribution < 1.29 is 4.79 Å². The maximum atomic E-state index is 12.0. The van der Waals surface area contributed by atoms with Crippen molar-refractivity contribution in [1.29, 1.82) is 0 Å². The number of carbonyl (C=O) groups is 1. The molecule has 4 nitrogen and oxygen atoms in total. The van der Waals surface area contributed by atoms with Crippen molar-refractivity contribution in [2.24, 2.45) is 4.99 Å². The number of rotatable bonds is 2. The van der Waals surface area contributed by atoms with Gasteiger partial charge in [-0.25, -0.2) is 4.99 Å². The number of anilines is 1. The first kappa shape index (κ1) is 12.5. The van der Waals surface area contributed by atoms with Crippen molar-refractivity contribution in [1.82, 2.24) is 4.90 Å². The molecule has 19 heavy (non-hydrogen) atoms. The minimum Gasteiger partial charge on any atom is -0.324 e. The number of halogens is 1. The van der Waals surface area contributed by atoms with Crippen LogP contribution in [-0.4, -0.2) is 29.4 Å². The Balaban J connectivity index is 1.79. The lowest BCUT2D eigenvalue weighted by atomic mass is 10.2. The van der Waals surface area contributed by atoms with E-state index < -0.39 is 0 Å². The molecule has 1 aromatic carbocycles. The molecule has 1 aliphatic carbocycles. The van der Waals surface area contributed by atoms with Crippen molar-refractivity contribution >= 4 is 29.2 Å². The van der Waals surface area contributed by atoms with Gasteiger partial charge in [0.2, 0.25) is 5.96 Å². The molecule has 3 rings (SSSR count). The molecule has 0 radical (unpaired) electrons. The van der Waals surface area contributed by atoms with E-state index in [4.69, 9.17) is 11.6 Å². The first-order valence-corrected chi connectivity index (χ1v) is 7.01. The summed E-state index contributed by atoms with van der Waals surface area (Å²) in [6.07, 6.45) is 4.51. The number of nitrogens with zero attached hydrogens (tertiary/aromatic N) is 2. The van der Waals surface area contributed by atoms with Crippen molar-refractivity contribution in [3.63, 3.8) is 0 Å². The third-order valence-corrected chi connectivity index (χ3v) is 4.00. The number of benzene rings is 1. The minimum absolute atomic E-state index is 0.0847. The normalized spacial score (nSPS) is 19.9. The van der Waals surface area contributed by atoms with Crippen molar-refractivity contribution in [3.8, 4) is 0 Å². The van der Waals surface area contributed by atoms with Crippen LogP contribution in [0, 0.1) is 0 Å². The van der Waals surface area contributed by atoms with Crippen molar-refractivity contribution in [3.05, 3.63) is 29.3 Å². The Morgan fingerprint density at radius 1 is 1.26 bits per heavy atom. The second kappa shape index (κ2) is 5.21. The zero-order valence-corrected chi connectivity index (χ0v) is 11.4. The Kier molecular flexibility index (Phi) is 3.42. The number of nitrogens with one attached hydrogen (secondary N) is 1. The molecular formula is C14H16ClN3O. The van der Waals surface area contributed by atoms with Crippen LogP contribution in [-0.2, 0) is 4.79 Å². The lowest BCUT2D eigenvalue weighted by Gasteiger charge is -2.25. The minimum atomic E-state index is 0.0847. The summed E-state index contributed by atoms with van der Waals surface area (Å²) in [5, 5.41) is 3.82. The van der Waals surface area contributed by atoms with Gasteiger partial charge in [0.05, 0.1) is 10.7 Å². The topological polar surface area (TPSA) is 44.7 Å². The molecule has 0 aromatic heterocycles. The number of para-hydroxylation sites is 1. The number of carbonyl (C=O) groups excluding carboxylic acids is 1. The lowest BCUT2D eigenvalue weighted by molar-refractivity contribution is -0.126. The van der Waals surface area contributed by atoms with E-state index >= 15 is 0 Å². The van der Waals surface area contributed by atoms with Crippen LogP contribution in [0.2, 0.25) is 5.02 Å². The summed E-state index contributed by atoms with van der Waals surface area (Å²) in [6, 6.07) is 7.79. The third-order valence-electron chi connectivity index (χ3n) is 3.67. The van der Waals surface area contributed by atoms with Crippen molar-refractivity contribution in [2.75, 3.05) is 11.9 Å². The highest BCUT2D eigenvalue weighted by Crippen LogP contribution is 2.27. The van der Waals surface area contributed by atoms with Crippen LogP contribution >= 0.6 is 11.6 Å². The highest BCUT2D eigenvalue weighted by atomic mass is 35.5. The fourth-order valence-electron chi connectivity index (χ4n) is 2.73. The molecular weight excluding hydrogens is 262 g/mol. The monoisotopic (exact) mass is 277 g/mol. The predicted octanol–water partition coefficient (Wildman–Crippen LogP) is 2.89. The molecule has 0 spiro atoms. The Labute approximate surface area is 117 Å². The van der Waals surface area contributed by atoms with Crippen LogP contribution in [0.15, 0.2) is 29.3 Å². The smallest absolute Gasteiger partial charge is 0.251 e. The first-order chi connectivity index (χ1) is 9.25. The summed E-state index contributed by atoms with van der Waals surface area (Å²) >= 11 is 6.13. The SMILES string of the molecule is O=C1CN=C(Nc2ccccc2Cl)N1C1CCCC1. The molecule has 0 bridgehead atoms. The van der Waals surface area contributed by atoms with Crippen LogP contribution in [0.4, 0.5) is 5.69 Å². The standard InChI is InChI=1S/C14H16ClN3O/c15-11-7-3-4-8-12(11)17-14-16-9-13(19)18(14)10-5-1-2-6-10/h3-4,7-8,10H,1-2,5-6,9H2,(H,16,17). The molecule has 1 heterocycles. The zero-order chi connectivity index (χ0) is 13.2. The van der Waals surface area contributed by atoms with E-state index in [0.29, 0.717) is 17.0 Å². The molecule has 100 valence electrons. The second-order valence-electron chi connectivity index (χ2n) is 4.95. The van der Waals surface area contributed by atoms with E-state index in [0.717, 1.165) is 18.5 Å². The molecule has 1 amide bonds. The summed E-state index contributed by atoms with van der Waals surface area (Å²) in [7, 11) is 0. The summed E-state index contributed by atoms with van der Waals surface area (Å²) in [6.45, 7) is 0.239. The fourth-order valence-corrected chi connectivity index (χ4v) is 2.92. The summed E-state index contributed by atoms with van der Waals surface area (Å²) in [5.74, 6) is 0.728. The number of aliphatic imine (C=N–C) groups is 1. The summed E-state index contributed by atoms with van der Waals surface area (Å²) < 4.78 is 0. The molecule has 1 fully saturated rings. The van der Waals surface area contributed by atoms with Crippen LogP contribution < -0.4 is 5.32 Å². The van der Waals surface area contributed by atoms with Gasteiger partial charge >= 0.3 is 0 Å². The molecule has 2 aliphatic rings. The summed E-state index contributed by atoms with van der Waals surface area (Å²) in [5.41, 5.74) is 0.792. The molecule has 0 saturated heterocycles. The van der Waals surface area contributed by atoms with Crippen molar-refractivity contribution in [2.45, 2.75) is 31.7 Å². The average molecular weight is 278 g/mol. The third kappa shape index (κ3) is 2.45. The predicted molar refractivity (Wildman–Crippen MR) is 76.5 cm³/mol. The largest absolute Gasteiger partial charge is 0.324 e. The van der Waals surface area contributed by atoms with Gasteiger partial charge in [-0.1, -0.05) is 36.6 Å². The van der Waals surface area contributed by atoms with E-state index in [1.807, 2.05) is 29.2 Å². The van der Waals surface area contributed by atoms with Gasteiger partial charge in [-0.15, -0.1) is 0 Å². The van der Waals surface area contributed by atoms with Gasteiger partial charge < -0.3 is 5.32 Å². The van der Waals surface area contributed by atoms with E-state index in [2.05, 4.69) is 10.3 Å². The average Bonchev–Trinajstić information content (AvgIpc) is 3.02. The van der Waals surface area contributed by atoms with Crippen LogP contribution in [0.5, 0.6) is 0 Å². The van der Waals surface area contributed by atoms with E-state index in [-0.39, 0.29) is 12.5 Å². The van der Waals surface area contributed by atoms with E-state index in [9.17, 15) is 4.79 Å². The number of guanidine groups is 1. The number of amides is 1. The van der Waals surface area contributed by atoms with Gasteiger partial charge in [-0.2, -0.15) is 0 Å². The van der Waals surface area contributed by atoms with Gasteiger partial charge in [0, 0.05) is 6.04 Å². The van der Waals surface area contributed by atoms with Gasteiger partial charge in [0.15, 0.2) is 0 Å². The van der Waals surface area contributed by atoms with E-state index in [1.54, 1.807) is 0 Å². The molecule has 1 saturated carbocycles. The van der Waals surface area contributed by atoms with Gasteiger partial charge in [-0.05, 0) is 25.0 Å². The maximum Gasteiger partial charge on any atom is 0.251 e. The Morgan fingerprint density at radius 3 is 2.74 bits per heavy atom.